The Morgan fingerprint density at radius 3 is 2.45 bits per heavy atom. The van der Waals surface area contributed by atoms with Gasteiger partial charge in [0, 0.05) is 30.3 Å². The summed E-state index contributed by atoms with van der Waals surface area (Å²) < 4.78 is 17.7. The van der Waals surface area contributed by atoms with Crippen LogP contribution in [-0.4, -0.2) is 36.8 Å². The maximum absolute atomic E-state index is 12.7. The molecular weight excluding hydrogens is 418 g/mol. The van der Waals surface area contributed by atoms with Gasteiger partial charge in [0.15, 0.2) is 16.3 Å². The number of carbonyl (C=O) groups excluding carboxylic acids is 1. The molecule has 2 N–H and O–H groups in total. The van der Waals surface area contributed by atoms with Crippen molar-refractivity contribution in [1.82, 2.24) is 14.9 Å². The number of nitrogens with one attached hydrogen (secondary N) is 2. The molecule has 0 spiro atoms. The van der Waals surface area contributed by atoms with Crippen LogP contribution in [0.5, 0.6) is 17.2 Å². The molecule has 0 atom stereocenters. The van der Waals surface area contributed by atoms with E-state index in [0.29, 0.717) is 40.3 Å². The smallest absolute Gasteiger partial charge is 0.262 e. The Hall–Kier alpha value is -3.59. The van der Waals surface area contributed by atoms with Crippen LogP contribution in [-0.2, 0) is 13.1 Å². The van der Waals surface area contributed by atoms with E-state index in [1.165, 1.54) is 25.9 Å². The van der Waals surface area contributed by atoms with Crippen LogP contribution in [0.15, 0.2) is 47.8 Å². The third-order valence-electron chi connectivity index (χ3n) is 4.78. The molecule has 0 aliphatic heterocycles. The number of allylic oxidation sites excluding steroid dienone is 1. The summed E-state index contributed by atoms with van der Waals surface area (Å²) in [6.07, 6.45) is 1.60. The molecule has 3 rings (SSSR count). The molecule has 0 saturated carbocycles. The molecule has 0 aliphatic carbocycles. The number of ether oxygens (including phenoxy) is 3. The molecule has 9 heteroatoms. The highest BCUT2D eigenvalue weighted by Crippen LogP contribution is 2.34. The summed E-state index contributed by atoms with van der Waals surface area (Å²) >= 11 is 5.25. The molecule has 0 radical (unpaired) electrons. The van der Waals surface area contributed by atoms with E-state index in [4.69, 9.17) is 26.4 Å². The first-order chi connectivity index (χ1) is 14.9. The third kappa shape index (κ3) is 4.46. The van der Waals surface area contributed by atoms with Gasteiger partial charge >= 0.3 is 0 Å². The van der Waals surface area contributed by atoms with Gasteiger partial charge in [-0.1, -0.05) is 6.08 Å². The zero-order valence-corrected chi connectivity index (χ0v) is 18.3. The van der Waals surface area contributed by atoms with Gasteiger partial charge in [0.2, 0.25) is 0 Å². The van der Waals surface area contributed by atoms with Gasteiger partial charge in [-0.25, -0.2) is 0 Å². The minimum absolute atomic E-state index is 0.206. The van der Waals surface area contributed by atoms with Crippen LogP contribution >= 0.6 is 12.2 Å². The maximum Gasteiger partial charge on any atom is 0.262 e. The van der Waals surface area contributed by atoms with Crippen molar-refractivity contribution in [3.63, 3.8) is 0 Å². The number of aromatic nitrogens is 2. The molecule has 0 unspecified atom stereocenters. The number of rotatable bonds is 8. The number of hydrogen-bond acceptors (Lipinski definition) is 6. The van der Waals surface area contributed by atoms with Gasteiger partial charge in [-0.3, -0.25) is 14.2 Å². The van der Waals surface area contributed by atoms with E-state index in [-0.39, 0.29) is 22.8 Å². The molecule has 1 aromatic heterocycles. The SMILES string of the molecule is C=CCn1c(=S)[nH]c2cc(C(=O)NCc3cc(OC)c(OC)cc3OC)ccc2c1=O. The number of carbonyl (C=O) groups is 1. The average molecular weight is 442 g/mol. The van der Waals surface area contributed by atoms with Crippen molar-refractivity contribution >= 4 is 29.0 Å². The quantitative estimate of drug-likeness (QED) is 0.412. The molecular formula is C22H23N3O5S. The molecule has 162 valence electrons. The Labute approximate surface area is 184 Å². The standard InChI is InChI=1S/C22H23N3O5S/c1-5-8-25-21(27)15-7-6-13(9-16(15)24-22(25)31)20(26)23-12-14-10-18(29-3)19(30-4)11-17(14)28-2/h5-7,9-11H,1,8,12H2,2-4H3,(H,23,26)(H,24,31). The molecule has 31 heavy (non-hydrogen) atoms. The van der Waals surface area contributed by atoms with Gasteiger partial charge in [-0.2, -0.15) is 0 Å². The number of fused-ring (bicyclic) bond motifs is 1. The minimum Gasteiger partial charge on any atom is -0.496 e. The van der Waals surface area contributed by atoms with E-state index in [2.05, 4.69) is 16.9 Å². The number of aromatic amines is 1. The second-order valence-corrected chi connectivity index (χ2v) is 6.98. The summed E-state index contributed by atoms with van der Waals surface area (Å²) in [5.41, 5.74) is 1.37. The van der Waals surface area contributed by atoms with Crippen LogP contribution in [0.25, 0.3) is 10.9 Å². The predicted molar refractivity (Wildman–Crippen MR) is 121 cm³/mol. The van der Waals surface area contributed by atoms with Crippen molar-refractivity contribution in [2.45, 2.75) is 13.1 Å². The maximum atomic E-state index is 12.7. The zero-order chi connectivity index (χ0) is 22.5. The normalized spacial score (nSPS) is 10.5. The van der Waals surface area contributed by atoms with Crippen LogP contribution in [0.1, 0.15) is 15.9 Å². The van der Waals surface area contributed by atoms with E-state index < -0.39 is 0 Å². The molecule has 1 heterocycles. The fourth-order valence-electron chi connectivity index (χ4n) is 3.20. The zero-order valence-electron chi connectivity index (χ0n) is 17.5. The average Bonchev–Trinajstić information content (AvgIpc) is 2.79. The Kier molecular flexibility index (Phi) is 6.76. The van der Waals surface area contributed by atoms with Gasteiger partial charge in [0.1, 0.15) is 5.75 Å². The van der Waals surface area contributed by atoms with Crippen LogP contribution in [0, 0.1) is 4.77 Å². The summed E-state index contributed by atoms with van der Waals surface area (Å²) in [5, 5.41) is 3.29. The first-order valence-corrected chi connectivity index (χ1v) is 9.79. The van der Waals surface area contributed by atoms with Crippen molar-refractivity contribution < 1.29 is 19.0 Å². The van der Waals surface area contributed by atoms with Crippen LogP contribution in [0.4, 0.5) is 0 Å². The lowest BCUT2D eigenvalue weighted by molar-refractivity contribution is 0.0950. The molecule has 1 amide bonds. The molecule has 0 bridgehead atoms. The van der Waals surface area contributed by atoms with Crippen molar-refractivity contribution in [3.05, 3.63) is 69.2 Å². The molecule has 3 aromatic rings. The lowest BCUT2D eigenvalue weighted by Gasteiger charge is -2.14. The van der Waals surface area contributed by atoms with Crippen molar-refractivity contribution in [1.29, 1.82) is 0 Å². The van der Waals surface area contributed by atoms with Gasteiger partial charge in [0.05, 0.1) is 32.2 Å². The fourth-order valence-corrected chi connectivity index (χ4v) is 3.47. The van der Waals surface area contributed by atoms with Gasteiger partial charge in [-0.15, -0.1) is 6.58 Å². The van der Waals surface area contributed by atoms with Crippen LogP contribution < -0.4 is 25.1 Å². The van der Waals surface area contributed by atoms with E-state index >= 15 is 0 Å². The first kappa shape index (κ1) is 22.1. The number of methoxy groups -OCH3 is 3. The summed E-state index contributed by atoms with van der Waals surface area (Å²) in [6.45, 7) is 4.15. The lowest BCUT2D eigenvalue weighted by atomic mass is 10.1. The monoisotopic (exact) mass is 441 g/mol. The predicted octanol–water partition coefficient (Wildman–Crippen LogP) is 3.20. The third-order valence-corrected chi connectivity index (χ3v) is 5.10. The molecule has 2 aromatic carbocycles. The molecule has 8 nitrogen and oxygen atoms in total. The molecule has 0 saturated heterocycles. The van der Waals surface area contributed by atoms with Gasteiger partial charge in [0.25, 0.3) is 11.5 Å². The molecule has 0 aliphatic rings. The highest BCUT2D eigenvalue weighted by atomic mass is 32.1. The Morgan fingerprint density at radius 2 is 1.81 bits per heavy atom. The number of hydrogen-bond donors (Lipinski definition) is 2. The summed E-state index contributed by atoms with van der Waals surface area (Å²) in [7, 11) is 4.61. The van der Waals surface area contributed by atoms with Crippen LogP contribution in [0.3, 0.4) is 0 Å². The van der Waals surface area contributed by atoms with E-state index in [1.807, 2.05) is 0 Å². The minimum atomic E-state index is -0.312. The number of H-pyrrole nitrogens is 1. The summed E-state index contributed by atoms with van der Waals surface area (Å²) in [6, 6.07) is 8.25. The topological polar surface area (TPSA) is 94.6 Å². The van der Waals surface area contributed by atoms with Crippen molar-refractivity contribution in [2.24, 2.45) is 0 Å². The highest BCUT2D eigenvalue weighted by Gasteiger charge is 2.14. The van der Waals surface area contributed by atoms with E-state index in [9.17, 15) is 9.59 Å². The van der Waals surface area contributed by atoms with E-state index in [0.717, 1.165) is 5.56 Å². The summed E-state index contributed by atoms with van der Waals surface area (Å²) in [4.78, 5) is 28.3. The summed E-state index contributed by atoms with van der Waals surface area (Å²) in [5.74, 6) is 1.31. The number of nitrogens with zero attached hydrogens (tertiary/aromatic N) is 1. The number of amides is 1. The van der Waals surface area contributed by atoms with Crippen LogP contribution in [0.2, 0.25) is 0 Å². The second-order valence-electron chi connectivity index (χ2n) is 6.60. The van der Waals surface area contributed by atoms with Gasteiger partial charge < -0.3 is 24.5 Å². The van der Waals surface area contributed by atoms with Gasteiger partial charge in [-0.05, 0) is 36.5 Å². The lowest BCUT2D eigenvalue weighted by Crippen LogP contribution is -2.24. The Balaban J connectivity index is 1.87. The van der Waals surface area contributed by atoms with Crippen molar-refractivity contribution in [3.8, 4) is 17.2 Å². The Bertz CT molecular complexity index is 1260. The van der Waals surface area contributed by atoms with Crippen molar-refractivity contribution in [2.75, 3.05) is 21.3 Å². The first-order valence-electron chi connectivity index (χ1n) is 9.38. The van der Waals surface area contributed by atoms with E-state index in [1.54, 1.807) is 36.4 Å². The second kappa shape index (κ2) is 9.48. The Morgan fingerprint density at radius 1 is 1.13 bits per heavy atom. The fraction of sp³-hybridized carbons (Fsp3) is 0.227. The largest absolute Gasteiger partial charge is 0.496 e. The molecule has 0 fully saturated rings. The number of benzene rings is 2. The highest BCUT2D eigenvalue weighted by molar-refractivity contribution is 7.71.